The molecule has 0 saturated heterocycles. The molecular weight excluding hydrogens is 226 g/mol. The fourth-order valence-electron chi connectivity index (χ4n) is 2.31. The third kappa shape index (κ3) is 1.56. The Hall–Kier alpha value is -1.68. The second kappa shape index (κ2) is 3.65. The van der Waals surface area contributed by atoms with Crippen LogP contribution in [0.4, 0.5) is 0 Å². The SMILES string of the molecule is CC1(C(C)(O)c2cnnn2-c2ccccc2)CC1. The molecule has 4 heteroatoms. The average molecular weight is 243 g/mol. The van der Waals surface area contributed by atoms with Gasteiger partial charge in [-0.15, -0.1) is 5.10 Å². The molecule has 0 spiro atoms. The van der Waals surface area contributed by atoms with Crippen LogP contribution in [-0.4, -0.2) is 20.1 Å². The molecule has 1 aliphatic rings. The van der Waals surface area contributed by atoms with Crippen molar-refractivity contribution >= 4 is 0 Å². The van der Waals surface area contributed by atoms with Crippen LogP contribution in [0.25, 0.3) is 5.69 Å². The molecule has 0 bridgehead atoms. The Kier molecular flexibility index (Phi) is 2.32. The Morgan fingerprint density at radius 2 is 1.94 bits per heavy atom. The minimum atomic E-state index is -0.896. The minimum absolute atomic E-state index is 0.0543. The van der Waals surface area contributed by atoms with E-state index in [2.05, 4.69) is 17.2 Å². The lowest BCUT2D eigenvalue weighted by molar-refractivity contribution is -0.0187. The number of hydrogen-bond acceptors (Lipinski definition) is 3. The Balaban J connectivity index is 2.08. The van der Waals surface area contributed by atoms with Gasteiger partial charge in [-0.25, -0.2) is 4.68 Å². The van der Waals surface area contributed by atoms with Crippen LogP contribution in [0.15, 0.2) is 36.5 Å². The standard InChI is InChI=1S/C14H17N3O/c1-13(8-9-13)14(2,18)12-10-15-16-17(12)11-6-4-3-5-7-11/h3-7,10,18H,8-9H2,1-2H3. The summed E-state index contributed by atoms with van der Waals surface area (Å²) in [4.78, 5) is 0. The first-order valence-corrected chi connectivity index (χ1v) is 6.24. The lowest BCUT2D eigenvalue weighted by Gasteiger charge is -2.30. The van der Waals surface area contributed by atoms with Crippen LogP contribution in [0.3, 0.4) is 0 Å². The van der Waals surface area contributed by atoms with E-state index in [4.69, 9.17) is 0 Å². The monoisotopic (exact) mass is 243 g/mol. The Bertz CT molecular complexity index is 555. The van der Waals surface area contributed by atoms with Gasteiger partial charge < -0.3 is 5.11 Å². The number of hydrogen-bond donors (Lipinski definition) is 1. The Morgan fingerprint density at radius 3 is 2.56 bits per heavy atom. The van der Waals surface area contributed by atoms with Crippen molar-refractivity contribution in [1.82, 2.24) is 15.0 Å². The molecule has 1 unspecified atom stereocenters. The van der Waals surface area contributed by atoms with Gasteiger partial charge in [-0.2, -0.15) is 0 Å². The summed E-state index contributed by atoms with van der Waals surface area (Å²) in [5.74, 6) is 0. The quantitative estimate of drug-likeness (QED) is 0.899. The van der Waals surface area contributed by atoms with Crippen LogP contribution in [0.2, 0.25) is 0 Å². The van der Waals surface area contributed by atoms with Crippen LogP contribution in [0.1, 0.15) is 32.4 Å². The van der Waals surface area contributed by atoms with Gasteiger partial charge >= 0.3 is 0 Å². The first-order chi connectivity index (χ1) is 8.55. The van der Waals surface area contributed by atoms with Crippen molar-refractivity contribution in [1.29, 1.82) is 0 Å². The Labute approximate surface area is 106 Å². The average Bonchev–Trinajstić information content (AvgIpc) is 2.96. The first kappa shape index (κ1) is 11.4. The molecule has 1 heterocycles. The molecule has 0 radical (unpaired) electrons. The second-order valence-electron chi connectivity index (χ2n) is 5.50. The summed E-state index contributed by atoms with van der Waals surface area (Å²) in [5.41, 5.74) is 0.733. The highest BCUT2D eigenvalue weighted by molar-refractivity contribution is 5.34. The Morgan fingerprint density at radius 1 is 1.28 bits per heavy atom. The van der Waals surface area contributed by atoms with E-state index in [0.717, 1.165) is 24.2 Å². The van der Waals surface area contributed by atoms with E-state index in [-0.39, 0.29) is 5.41 Å². The predicted molar refractivity (Wildman–Crippen MR) is 68.3 cm³/mol. The van der Waals surface area contributed by atoms with E-state index in [1.54, 1.807) is 10.9 Å². The highest BCUT2D eigenvalue weighted by Crippen LogP contribution is 2.57. The van der Waals surface area contributed by atoms with Gasteiger partial charge in [0.1, 0.15) is 5.60 Å². The summed E-state index contributed by atoms with van der Waals surface area (Å²) in [6.07, 6.45) is 3.75. The van der Waals surface area contributed by atoms with Crippen LogP contribution >= 0.6 is 0 Å². The van der Waals surface area contributed by atoms with Gasteiger partial charge in [-0.3, -0.25) is 0 Å². The zero-order valence-electron chi connectivity index (χ0n) is 10.7. The molecule has 1 aromatic carbocycles. The van der Waals surface area contributed by atoms with Crippen LogP contribution < -0.4 is 0 Å². The van der Waals surface area contributed by atoms with Gasteiger partial charge in [0, 0.05) is 5.41 Å². The van der Waals surface area contributed by atoms with Crippen molar-refractivity contribution in [3.8, 4) is 5.69 Å². The first-order valence-electron chi connectivity index (χ1n) is 6.24. The normalized spacial score (nSPS) is 20.4. The van der Waals surface area contributed by atoms with Crippen molar-refractivity contribution < 1.29 is 5.11 Å². The predicted octanol–water partition coefficient (Wildman–Crippen LogP) is 2.27. The van der Waals surface area contributed by atoms with Crippen molar-refractivity contribution in [3.63, 3.8) is 0 Å². The summed E-state index contributed by atoms with van der Waals surface area (Å²) in [7, 11) is 0. The van der Waals surface area contributed by atoms with E-state index in [1.807, 2.05) is 37.3 Å². The smallest absolute Gasteiger partial charge is 0.111 e. The number of aliphatic hydroxyl groups is 1. The van der Waals surface area contributed by atoms with Crippen molar-refractivity contribution in [2.75, 3.05) is 0 Å². The number of benzene rings is 1. The molecule has 3 rings (SSSR count). The molecule has 1 N–H and O–H groups in total. The van der Waals surface area contributed by atoms with Crippen LogP contribution in [0, 0.1) is 5.41 Å². The van der Waals surface area contributed by atoms with Gasteiger partial charge in [0.25, 0.3) is 0 Å². The molecule has 1 aliphatic carbocycles. The molecule has 1 aromatic heterocycles. The molecule has 18 heavy (non-hydrogen) atoms. The van der Waals surface area contributed by atoms with Gasteiger partial charge in [-0.05, 0) is 31.9 Å². The molecule has 94 valence electrons. The largest absolute Gasteiger partial charge is 0.383 e. The molecule has 2 aromatic rings. The molecule has 4 nitrogen and oxygen atoms in total. The molecule has 1 atom stereocenters. The van der Waals surface area contributed by atoms with Crippen molar-refractivity contribution in [2.24, 2.45) is 5.41 Å². The number of rotatable bonds is 3. The maximum atomic E-state index is 10.8. The number of nitrogens with zero attached hydrogens (tertiary/aromatic N) is 3. The van der Waals surface area contributed by atoms with Crippen LogP contribution in [-0.2, 0) is 5.60 Å². The zero-order valence-corrected chi connectivity index (χ0v) is 10.7. The summed E-state index contributed by atoms with van der Waals surface area (Å²) in [6, 6.07) is 9.79. The molecule has 1 fully saturated rings. The second-order valence-corrected chi connectivity index (χ2v) is 5.50. The molecule has 0 amide bonds. The lowest BCUT2D eigenvalue weighted by Crippen LogP contribution is -2.33. The summed E-state index contributed by atoms with van der Waals surface area (Å²) in [5, 5.41) is 18.9. The molecule has 1 saturated carbocycles. The van der Waals surface area contributed by atoms with Gasteiger partial charge in [0.05, 0.1) is 17.6 Å². The maximum Gasteiger partial charge on any atom is 0.111 e. The van der Waals surface area contributed by atoms with Gasteiger partial charge in [0.2, 0.25) is 0 Å². The highest BCUT2D eigenvalue weighted by Gasteiger charge is 2.54. The third-order valence-corrected chi connectivity index (χ3v) is 4.22. The van der Waals surface area contributed by atoms with Gasteiger partial charge in [0.15, 0.2) is 0 Å². The topological polar surface area (TPSA) is 50.9 Å². The number of aromatic nitrogens is 3. The fraction of sp³-hybridized carbons (Fsp3) is 0.429. The van der Waals surface area contributed by atoms with E-state index in [9.17, 15) is 5.11 Å². The van der Waals surface area contributed by atoms with E-state index >= 15 is 0 Å². The van der Waals surface area contributed by atoms with Crippen LogP contribution in [0.5, 0.6) is 0 Å². The van der Waals surface area contributed by atoms with Crippen molar-refractivity contribution in [2.45, 2.75) is 32.3 Å². The van der Waals surface area contributed by atoms with Gasteiger partial charge in [-0.1, -0.05) is 30.3 Å². The third-order valence-electron chi connectivity index (χ3n) is 4.22. The van der Waals surface area contributed by atoms with E-state index in [1.165, 1.54) is 0 Å². The lowest BCUT2D eigenvalue weighted by atomic mass is 9.85. The fourth-order valence-corrected chi connectivity index (χ4v) is 2.31. The number of para-hydroxylation sites is 1. The molecular formula is C14H17N3O. The van der Waals surface area contributed by atoms with Crippen molar-refractivity contribution in [3.05, 3.63) is 42.2 Å². The minimum Gasteiger partial charge on any atom is -0.383 e. The van der Waals surface area contributed by atoms with E-state index in [0.29, 0.717) is 0 Å². The zero-order chi connectivity index (χ0) is 12.8. The summed E-state index contributed by atoms with van der Waals surface area (Å²) < 4.78 is 1.73. The summed E-state index contributed by atoms with van der Waals surface area (Å²) >= 11 is 0. The van der Waals surface area contributed by atoms with E-state index < -0.39 is 5.60 Å². The molecule has 0 aliphatic heterocycles. The summed E-state index contributed by atoms with van der Waals surface area (Å²) in [6.45, 7) is 3.97. The maximum absolute atomic E-state index is 10.8. The highest BCUT2D eigenvalue weighted by atomic mass is 16.3.